The van der Waals surface area contributed by atoms with Crippen molar-refractivity contribution in [1.29, 1.82) is 0 Å². The Balaban J connectivity index is 1.86. The van der Waals surface area contributed by atoms with Crippen LogP contribution in [0.1, 0.15) is 18.9 Å². The smallest absolute Gasteiger partial charge is 0.320 e. The fourth-order valence-corrected chi connectivity index (χ4v) is 2.41. The molecule has 1 aromatic carbocycles. The second kappa shape index (κ2) is 4.40. The summed E-state index contributed by atoms with van der Waals surface area (Å²) in [6, 6.07) is 8.26. The highest BCUT2D eigenvalue weighted by molar-refractivity contribution is 7.17. The van der Waals surface area contributed by atoms with Gasteiger partial charge in [-0.1, -0.05) is 5.10 Å². The summed E-state index contributed by atoms with van der Waals surface area (Å²) in [6.07, 6.45) is 0. The van der Waals surface area contributed by atoms with Gasteiger partial charge in [-0.2, -0.15) is 0 Å². The molecule has 0 bridgehead atoms. The molecule has 0 saturated heterocycles. The molecule has 0 aliphatic carbocycles. The predicted molar refractivity (Wildman–Crippen MR) is 72.0 cm³/mol. The van der Waals surface area contributed by atoms with E-state index in [1.54, 1.807) is 18.3 Å². The molecule has 3 rings (SSSR count). The van der Waals surface area contributed by atoms with E-state index < -0.39 is 0 Å². The van der Waals surface area contributed by atoms with E-state index in [9.17, 15) is 0 Å². The Bertz CT molecular complexity index is 673. The number of nitrogens with two attached hydrogens (primary N) is 1. The number of anilines is 2. The van der Waals surface area contributed by atoms with Crippen LogP contribution in [0.3, 0.4) is 0 Å². The normalized spacial score (nSPS) is 12.8. The summed E-state index contributed by atoms with van der Waals surface area (Å²) >= 11 is 1.71. The van der Waals surface area contributed by atoms with Crippen LogP contribution in [0.4, 0.5) is 11.7 Å². The Hall–Kier alpha value is -1.92. The Morgan fingerprint density at radius 2 is 2.22 bits per heavy atom. The molecule has 2 aromatic heterocycles. The molecule has 0 spiro atoms. The fraction of sp³-hybridized carbons (Fsp3) is 0.167. The third-order valence-electron chi connectivity index (χ3n) is 2.53. The molecular weight excluding hydrogens is 248 g/mol. The molecule has 0 amide bonds. The van der Waals surface area contributed by atoms with Crippen molar-refractivity contribution in [1.82, 2.24) is 10.2 Å². The quantitative estimate of drug-likeness (QED) is 0.756. The van der Waals surface area contributed by atoms with Crippen LogP contribution < -0.4 is 11.1 Å². The van der Waals surface area contributed by atoms with Crippen molar-refractivity contribution in [2.24, 2.45) is 5.73 Å². The van der Waals surface area contributed by atoms with E-state index >= 15 is 0 Å². The van der Waals surface area contributed by atoms with Crippen LogP contribution in [0, 0.1) is 0 Å². The van der Waals surface area contributed by atoms with E-state index in [-0.39, 0.29) is 6.04 Å². The molecule has 0 aliphatic rings. The summed E-state index contributed by atoms with van der Waals surface area (Å²) in [7, 11) is 0. The number of rotatable bonds is 3. The van der Waals surface area contributed by atoms with Gasteiger partial charge in [0.15, 0.2) is 0 Å². The van der Waals surface area contributed by atoms with Crippen molar-refractivity contribution in [3.8, 4) is 0 Å². The average Bonchev–Trinajstić information content (AvgIpc) is 2.96. The van der Waals surface area contributed by atoms with E-state index in [0.717, 1.165) is 5.69 Å². The Kier molecular flexibility index (Phi) is 2.73. The summed E-state index contributed by atoms with van der Waals surface area (Å²) in [6.45, 7) is 1.80. The summed E-state index contributed by atoms with van der Waals surface area (Å²) in [5.41, 5.74) is 6.58. The standard InChI is InChI=1S/C12H12N4OS/c1-7(13)11-15-16-12(17-11)14-9-2-3-10-8(6-9)4-5-18-10/h2-7H,13H2,1H3,(H,14,16). The first kappa shape index (κ1) is 11.2. The van der Waals surface area contributed by atoms with Crippen LogP contribution in [-0.2, 0) is 0 Å². The maximum absolute atomic E-state index is 5.66. The zero-order valence-electron chi connectivity index (χ0n) is 9.75. The van der Waals surface area contributed by atoms with Gasteiger partial charge in [-0.05, 0) is 42.0 Å². The lowest BCUT2D eigenvalue weighted by Crippen LogP contribution is -2.04. The lowest BCUT2D eigenvalue weighted by molar-refractivity contribution is 0.475. The maximum Gasteiger partial charge on any atom is 0.320 e. The molecule has 5 nitrogen and oxygen atoms in total. The molecule has 1 atom stereocenters. The molecule has 0 fully saturated rings. The van der Waals surface area contributed by atoms with Gasteiger partial charge in [0.25, 0.3) is 0 Å². The maximum atomic E-state index is 5.66. The Labute approximate surface area is 108 Å². The molecule has 3 N–H and O–H groups in total. The van der Waals surface area contributed by atoms with Crippen molar-refractivity contribution in [3.05, 3.63) is 35.5 Å². The van der Waals surface area contributed by atoms with Crippen molar-refractivity contribution < 1.29 is 4.42 Å². The van der Waals surface area contributed by atoms with Gasteiger partial charge in [0.05, 0.1) is 6.04 Å². The average molecular weight is 260 g/mol. The molecule has 2 heterocycles. The topological polar surface area (TPSA) is 77.0 Å². The molecular formula is C12H12N4OS. The van der Waals surface area contributed by atoms with E-state index in [1.165, 1.54) is 10.1 Å². The van der Waals surface area contributed by atoms with Crippen molar-refractivity contribution in [2.75, 3.05) is 5.32 Å². The number of nitrogens with zero attached hydrogens (tertiary/aromatic N) is 2. The largest absolute Gasteiger partial charge is 0.406 e. The van der Waals surface area contributed by atoms with E-state index in [4.69, 9.17) is 10.2 Å². The first-order valence-electron chi connectivity index (χ1n) is 5.55. The van der Waals surface area contributed by atoms with Crippen LogP contribution in [0.25, 0.3) is 10.1 Å². The van der Waals surface area contributed by atoms with Gasteiger partial charge in [-0.25, -0.2) is 0 Å². The molecule has 6 heteroatoms. The number of aromatic nitrogens is 2. The molecule has 0 aliphatic heterocycles. The molecule has 18 heavy (non-hydrogen) atoms. The molecule has 3 aromatic rings. The number of nitrogens with one attached hydrogen (secondary N) is 1. The number of thiophene rings is 1. The highest BCUT2D eigenvalue weighted by atomic mass is 32.1. The minimum absolute atomic E-state index is 0.257. The fourth-order valence-electron chi connectivity index (χ4n) is 1.64. The molecule has 1 unspecified atom stereocenters. The monoisotopic (exact) mass is 260 g/mol. The van der Waals surface area contributed by atoms with E-state index in [0.29, 0.717) is 11.9 Å². The van der Waals surface area contributed by atoms with Crippen molar-refractivity contribution in [3.63, 3.8) is 0 Å². The van der Waals surface area contributed by atoms with E-state index in [2.05, 4.69) is 33.0 Å². The van der Waals surface area contributed by atoms with Gasteiger partial charge in [0.2, 0.25) is 5.89 Å². The van der Waals surface area contributed by atoms with Crippen LogP contribution in [0.2, 0.25) is 0 Å². The van der Waals surface area contributed by atoms with Gasteiger partial charge in [0.1, 0.15) is 0 Å². The van der Waals surface area contributed by atoms with Crippen molar-refractivity contribution >= 4 is 33.1 Å². The minimum atomic E-state index is -0.257. The summed E-state index contributed by atoms with van der Waals surface area (Å²) < 4.78 is 6.64. The summed E-state index contributed by atoms with van der Waals surface area (Å²) in [4.78, 5) is 0. The first-order valence-corrected chi connectivity index (χ1v) is 6.43. The molecule has 0 saturated carbocycles. The van der Waals surface area contributed by atoms with Gasteiger partial charge < -0.3 is 15.5 Å². The van der Waals surface area contributed by atoms with Gasteiger partial charge in [0, 0.05) is 10.4 Å². The second-order valence-electron chi connectivity index (χ2n) is 4.03. The van der Waals surface area contributed by atoms with Gasteiger partial charge in [-0.15, -0.1) is 16.4 Å². The summed E-state index contributed by atoms with van der Waals surface area (Å²) in [5, 5.41) is 14.1. The van der Waals surface area contributed by atoms with Gasteiger partial charge in [-0.3, -0.25) is 0 Å². The third-order valence-corrected chi connectivity index (χ3v) is 3.43. The van der Waals surface area contributed by atoms with Crippen LogP contribution in [-0.4, -0.2) is 10.2 Å². The van der Waals surface area contributed by atoms with Crippen molar-refractivity contribution in [2.45, 2.75) is 13.0 Å². The summed E-state index contributed by atoms with van der Waals surface area (Å²) in [5.74, 6) is 0.425. The first-order chi connectivity index (χ1) is 8.72. The lowest BCUT2D eigenvalue weighted by atomic mass is 10.2. The highest BCUT2D eigenvalue weighted by Gasteiger charge is 2.09. The lowest BCUT2D eigenvalue weighted by Gasteiger charge is -2.01. The number of hydrogen-bond acceptors (Lipinski definition) is 6. The number of benzene rings is 1. The van der Waals surface area contributed by atoms with Crippen LogP contribution >= 0.6 is 11.3 Å². The van der Waals surface area contributed by atoms with Crippen LogP contribution in [0.15, 0.2) is 34.1 Å². The Morgan fingerprint density at radius 1 is 1.33 bits per heavy atom. The predicted octanol–water partition coefficient (Wildman–Crippen LogP) is 3.05. The number of hydrogen-bond donors (Lipinski definition) is 2. The number of fused-ring (bicyclic) bond motifs is 1. The molecule has 0 radical (unpaired) electrons. The molecule has 92 valence electrons. The highest BCUT2D eigenvalue weighted by Crippen LogP contribution is 2.25. The third kappa shape index (κ3) is 2.07. The second-order valence-corrected chi connectivity index (χ2v) is 4.98. The van der Waals surface area contributed by atoms with E-state index in [1.807, 2.05) is 12.1 Å². The van der Waals surface area contributed by atoms with Crippen LogP contribution in [0.5, 0.6) is 0 Å². The SMILES string of the molecule is CC(N)c1nnc(Nc2ccc3sccc3c2)o1. The zero-order valence-corrected chi connectivity index (χ0v) is 10.6. The van der Waals surface area contributed by atoms with Gasteiger partial charge >= 0.3 is 6.01 Å². The zero-order chi connectivity index (χ0) is 12.5. The minimum Gasteiger partial charge on any atom is -0.406 e. The Morgan fingerprint density at radius 3 is 3.00 bits per heavy atom.